The molecule has 0 bridgehead atoms. The molecule has 0 aliphatic heterocycles. The van der Waals surface area contributed by atoms with E-state index in [1.165, 1.54) is 29.3 Å². The van der Waals surface area contributed by atoms with E-state index in [1.807, 2.05) is 45.9 Å². The Labute approximate surface area is 224 Å². The molecule has 1 heterocycles. The molecule has 0 atom stereocenters. The molecule has 0 unspecified atom stereocenters. The third-order valence-corrected chi connectivity index (χ3v) is 7.98. The molecule has 0 saturated heterocycles. The zero-order valence-corrected chi connectivity index (χ0v) is 23.3. The minimum absolute atomic E-state index is 0.00829. The van der Waals surface area contributed by atoms with Crippen molar-refractivity contribution in [2.24, 2.45) is 5.10 Å². The lowest BCUT2D eigenvalue weighted by atomic mass is 10.1. The topological polar surface area (TPSA) is 92.6 Å². The summed E-state index contributed by atoms with van der Waals surface area (Å²) in [6.45, 7) is 12.0. The van der Waals surface area contributed by atoms with Crippen LogP contribution in [-0.2, 0) is 10.0 Å². The average molecular weight is 529 g/mol. The van der Waals surface area contributed by atoms with Crippen molar-refractivity contribution in [2.75, 3.05) is 4.72 Å². The zero-order chi connectivity index (χ0) is 27.6. The van der Waals surface area contributed by atoms with Crippen molar-refractivity contribution in [3.05, 3.63) is 111 Å². The fourth-order valence-corrected chi connectivity index (χ4v) is 5.52. The Balaban J connectivity index is 1.50. The number of hydrazone groups is 1. The highest BCUT2D eigenvalue weighted by molar-refractivity contribution is 7.92. The molecular weight excluding hydrogens is 496 g/mol. The molecule has 0 spiro atoms. The molecule has 4 rings (SSSR count). The number of nitrogens with one attached hydrogen (secondary N) is 2. The van der Waals surface area contributed by atoms with Crippen molar-refractivity contribution >= 4 is 27.8 Å². The summed E-state index contributed by atoms with van der Waals surface area (Å²) in [5, 5.41) is 4.14. The number of hydrogen-bond acceptors (Lipinski definition) is 4. The summed E-state index contributed by atoms with van der Waals surface area (Å²) in [5.74, 6) is -0.507. The molecule has 4 aromatic rings. The number of rotatable bonds is 7. The molecule has 1 amide bonds. The first kappa shape index (κ1) is 26.9. The molecule has 0 aliphatic rings. The first-order valence-electron chi connectivity index (χ1n) is 12.3. The predicted molar refractivity (Wildman–Crippen MR) is 153 cm³/mol. The quantitative estimate of drug-likeness (QED) is 0.231. The lowest BCUT2D eigenvalue weighted by molar-refractivity contribution is 0.0955. The summed E-state index contributed by atoms with van der Waals surface area (Å²) in [4.78, 5) is 12.8. The van der Waals surface area contributed by atoms with Gasteiger partial charge in [-0.2, -0.15) is 5.10 Å². The molecule has 2 N–H and O–H groups in total. The summed E-state index contributed by atoms with van der Waals surface area (Å²) >= 11 is 0. The van der Waals surface area contributed by atoms with Crippen LogP contribution in [-0.4, -0.2) is 25.1 Å². The van der Waals surface area contributed by atoms with Gasteiger partial charge in [-0.1, -0.05) is 29.8 Å². The van der Waals surface area contributed by atoms with Crippen LogP contribution in [0.3, 0.4) is 0 Å². The Morgan fingerprint density at radius 3 is 2.32 bits per heavy atom. The van der Waals surface area contributed by atoms with Crippen LogP contribution >= 0.6 is 0 Å². The van der Waals surface area contributed by atoms with Gasteiger partial charge in [-0.25, -0.2) is 13.8 Å². The molecule has 0 fully saturated rings. The Morgan fingerprint density at radius 2 is 1.61 bits per heavy atom. The van der Waals surface area contributed by atoms with E-state index in [0.717, 1.165) is 33.8 Å². The van der Waals surface area contributed by atoms with Crippen molar-refractivity contribution in [1.82, 2.24) is 9.99 Å². The Morgan fingerprint density at radius 1 is 0.842 bits per heavy atom. The van der Waals surface area contributed by atoms with Gasteiger partial charge in [-0.3, -0.25) is 9.52 Å². The first-order chi connectivity index (χ1) is 18.0. The number of aromatic nitrogens is 1. The molecular formula is C30H32N4O3S. The summed E-state index contributed by atoms with van der Waals surface area (Å²) < 4.78 is 30.7. The standard InChI is InChI=1S/C30H32N4O3S/c1-19-10-13-29(22(4)14-19)33-38(36,37)28-9-7-8-25(17-28)30(35)32-31-18-26-16-23(5)34(24(26)6)27-12-11-20(2)21(3)15-27/h7-18,33H,1-6H3,(H,32,35)/b31-18+. The second kappa shape index (κ2) is 10.7. The van der Waals surface area contributed by atoms with Crippen LogP contribution in [0.15, 0.2) is 76.7 Å². The molecule has 7 nitrogen and oxygen atoms in total. The highest BCUT2D eigenvalue weighted by Gasteiger charge is 2.17. The average Bonchev–Trinajstić information content (AvgIpc) is 3.15. The summed E-state index contributed by atoms with van der Waals surface area (Å²) in [5.41, 5.74) is 11.5. The number of benzene rings is 3. The molecule has 8 heteroatoms. The number of aryl methyl sites for hydroxylation is 5. The van der Waals surface area contributed by atoms with Crippen LogP contribution in [0.2, 0.25) is 0 Å². The van der Waals surface area contributed by atoms with Crippen LogP contribution in [0.4, 0.5) is 5.69 Å². The second-order valence-corrected chi connectivity index (χ2v) is 11.3. The van der Waals surface area contributed by atoms with Crippen LogP contribution in [0.5, 0.6) is 0 Å². The van der Waals surface area contributed by atoms with Gasteiger partial charge in [0.25, 0.3) is 15.9 Å². The van der Waals surface area contributed by atoms with Gasteiger partial charge in [0.2, 0.25) is 0 Å². The van der Waals surface area contributed by atoms with Gasteiger partial charge in [0.1, 0.15) is 0 Å². The third kappa shape index (κ3) is 5.70. The van der Waals surface area contributed by atoms with E-state index in [2.05, 4.69) is 51.9 Å². The van der Waals surface area contributed by atoms with E-state index in [0.29, 0.717) is 5.69 Å². The van der Waals surface area contributed by atoms with Gasteiger partial charge in [0.05, 0.1) is 16.8 Å². The molecule has 38 heavy (non-hydrogen) atoms. The molecule has 0 radical (unpaired) electrons. The van der Waals surface area contributed by atoms with Crippen molar-refractivity contribution in [1.29, 1.82) is 0 Å². The van der Waals surface area contributed by atoms with Gasteiger partial charge < -0.3 is 4.57 Å². The first-order valence-corrected chi connectivity index (χ1v) is 13.7. The summed E-state index contributed by atoms with van der Waals surface area (Å²) in [6, 6.07) is 19.7. The Hall–Kier alpha value is -4.17. The fraction of sp³-hybridized carbons (Fsp3) is 0.200. The summed E-state index contributed by atoms with van der Waals surface area (Å²) in [7, 11) is -3.88. The Bertz CT molecular complexity index is 1670. The zero-order valence-electron chi connectivity index (χ0n) is 22.5. The minimum Gasteiger partial charge on any atom is -0.318 e. The molecule has 0 aliphatic carbocycles. The van der Waals surface area contributed by atoms with Gasteiger partial charge >= 0.3 is 0 Å². The monoisotopic (exact) mass is 528 g/mol. The lowest BCUT2D eigenvalue weighted by Gasteiger charge is -2.12. The van der Waals surface area contributed by atoms with Crippen LogP contribution in [0, 0.1) is 41.5 Å². The highest BCUT2D eigenvalue weighted by Crippen LogP contribution is 2.23. The number of anilines is 1. The molecule has 3 aromatic carbocycles. The van der Waals surface area contributed by atoms with E-state index in [1.54, 1.807) is 18.3 Å². The SMILES string of the molecule is Cc1ccc(NS(=O)(=O)c2cccc(C(=O)N/N=C/c3cc(C)n(-c4ccc(C)c(C)c4)c3C)c2)c(C)c1. The Kier molecular flexibility index (Phi) is 7.55. The van der Waals surface area contributed by atoms with Gasteiger partial charge in [-0.15, -0.1) is 0 Å². The number of sulfonamides is 1. The van der Waals surface area contributed by atoms with Crippen molar-refractivity contribution < 1.29 is 13.2 Å². The van der Waals surface area contributed by atoms with E-state index >= 15 is 0 Å². The maximum Gasteiger partial charge on any atom is 0.271 e. The largest absolute Gasteiger partial charge is 0.318 e. The summed E-state index contributed by atoms with van der Waals surface area (Å²) in [6.07, 6.45) is 1.60. The van der Waals surface area contributed by atoms with Crippen molar-refractivity contribution in [3.8, 4) is 5.69 Å². The van der Waals surface area contributed by atoms with E-state index in [4.69, 9.17) is 0 Å². The normalized spacial score (nSPS) is 11.6. The minimum atomic E-state index is -3.88. The number of carbonyl (C=O) groups excluding carboxylic acids is 1. The van der Waals surface area contributed by atoms with Gasteiger partial charge in [0.15, 0.2) is 0 Å². The van der Waals surface area contributed by atoms with E-state index < -0.39 is 15.9 Å². The number of nitrogens with zero attached hydrogens (tertiary/aromatic N) is 2. The van der Waals surface area contributed by atoms with Crippen LogP contribution in [0.1, 0.15) is 49.6 Å². The highest BCUT2D eigenvalue weighted by atomic mass is 32.2. The molecule has 196 valence electrons. The van der Waals surface area contributed by atoms with E-state index in [9.17, 15) is 13.2 Å². The fourth-order valence-electron chi connectivity index (χ4n) is 4.34. The number of carbonyl (C=O) groups is 1. The third-order valence-electron chi connectivity index (χ3n) is 6.62. The van der Waals surface area contributed by atoms with Gasteiger partial charge in [-0.05, 0) is 101 Å². The van der Waals surface area contributed by atoms with E-state index in [-0.39, 0.29) is 10.5 Å². The maximum absolute atomic E-state index is 13.0. The number of hydrogen-bond donors (Lipinski definition) is 2. The smallest absolute Gasteiger partial charge is 0.271 e. The molecule has 1 aromatic heterocycles. The van der Waals surface area contributed by atoms with Gasteiger partial charge in [0, 0.05) is 28.2 Å². The predicted octanol–water partition coefficient (Wildman–Crippen LogP) is 5.89. The lowest BCUT2D eigenvalue weighted by Crippen LogP contribution is -2.19. The molecule has 0 saturated carbocycles. The second-order valence-electron chi connectivity index (χ2n) is 9.58. The van der Waals surface area contributed by atoms with Crippen LogP contribution < -0.4 is 10.1 Å². The number of amides is 1. The van der Waals surface area contributed by atoms with Crippen molar-refractivity contribution in [3.63, 3.8) is 0 Å². The maximum atomic E-state index is 13.0. The van der Waals surface area contributed by atoms with Crippen LogP contribution in [0.25, 0.3) is 5.69 Å². The van der Waals surface area contributed by atoms with Crippen molar-refractivity contribution in [2.45, 2.75) is 46.4 Å².